The van der Waals surface area contributed by atoms with Crippen molar-refractivity contribution < 1.29 is 28.3 Å². The van der Waals surface area contributed by atoms with Gasteiger partial charge in [-0.15, -0.1) is 0 Å². The largest absolute Gasteiger partial charge is 0.472 e. The minimum atomic E-state index is -0.462. The van der Waals surface area contributed by atoms with Crippen molar-refractivity contribution >= 4 is 17.7 Å². The van der Waals surface area contributed by atoms with Gasteiger partial charge < -0.3 is 13.9 Å². The maximum Gasteiger partial charge on any atom is 0.313 e. The summed E-state index contributed by atoms with van der Waals surface area (Å²) in [6.07, 6.45) is 4.91. The van der Waals surface area contributed by atoms with Gasteiger partial charge in [-0.2, -0.15) is 0 Å². The number of carbonyl (C=O) groups is 3. The van der Waals surface area contributed by atoms with E-state index < -0.39 is 17.4 Å². The van der Waals surface area contributed by atoms with E-state index in [4.69, 9.17) is 13.9 Å². The van der Waals surface area contributed by atoms with Crippen molar-refractivity contribution in [3.05, 3.63) is 24.2 Å². The molecule has 1 aromatic heterocycles. The summed E-state index contributed by atoms with van der Waals surface area (Å²) >= 11 is 0. The van der Waals surface area contributed by atoms with Gasteiger partial charge in [0, 0.05) is 18.8 Å². The molecule has 3 aliphatic rings. The van der Waals surface area contributed by atoms with Crippen molar-refractivity contribution in [3.63, 3.8) is 0 Å². The highest BCUT2D eigenvalue weighted by molar-refractivity contribution is 5.96. The number of ketones is 1. The Morgan fingerprint density at radius 3 is 2.68 bits per heavy atom. The minimum absolute atomic E-state index is 0.0639. The highest BCUT2D eigenvalue weighted by Crippen LogP contribution is 2.66. The highest BCUT2D eigenvalue weighted by Gasteiger charge is 2.69. The Morgan fingerprint density at radius 1 is 1.29 bits per heavy atom. The Labute approximate surface area is 164 Å². The Hall–Kier alpha value is -2.11. The summed E-state index contributed by atoms with van der Waals surface area (Å²) in [5.74, 6) is -0.674. The van der Waals surface area contributed by atoms with Gasteiger partial charge in [0.1, 0.15) is 24.4 Å². The van der Waals surface area contributed by atoms with Crippen LogP contribution in [0.3, 0.4) is 0 Å². The van der Waals surface area contributed by atoms with Crippen LogP contribution in [0.1, 0.15) is 63.7 Å². The molecule has 28 heavy (non-hydrogen) atoms. The van der Waals surface area contributed by atoms with E-state index in [-0.39, 0.29) is 41.1 Å². The molecular weight excluding hydrogens is 360 g/mol. The fourth-order valence-electron chi connectivity index (χ4n) is 6.38. The molecule has 4 rings (SSSR count). The number of hydrogen-bond acceptors (Lipinski definition) is 6. The average Bonchev–Trinajstić information content (AvgIpc) is 3.21. The lowest BCUT2D eigenvalue weighted by molar-refractivity contribution is -0.174. The van der Waals surface area contributed by atoms with Gasteiger partial charge in [-0.3, -0.25) is 14.4 Å². The van der Waals surface area contributed by atoms with Crippen molar-refractivity contribution in [2.45, 2.75) is 65.6 Å². The maximum atomic E-state index is 12.9. The zero-order valence-electron chi connectivity index (χ0n) is 16.9. The van der Waals surface area contributed by atoms with Crippen LogP contribution in [0.4, 0.5) is 0 Å². The molecule has 0 spiro atoms. The molecule has 152 valence electrons. The second kappa shape index (κ2) is 6.46. The quantitative estimate of drug-likeness (QED) is 0.576. The molecule has 0 aromatic carbocycles. The summed E-state index contributed by atoms with van der Waals surface area (Å²) in [5, 5.41) is 0. The van der Waals surface area contributed by atoms with E-state index in [1.54, 1.807) is 6.07 Å². The van der Waals surface area contributed by atoms with Gasteiger partial charge in [0.2, 0.25) is 0 Å². The molecule has 6 heteroatoms. The van der Waals surface area contributed by atoms with Crippen molar-refractivity contribution in [1.82, 2.24) is 0 Å². The number of ether oxygens (including phenoxy) is 2. The molecule has 1 aliphatic heterocycles. The maximum absolute atomic E-state index is 12.9. The van der Waals surface area contributed by atoms with Gasteiger partial charge in [-0.25, -0.2) is 0 Å². The molecular formula is C22H28O6. The normalized spacial score (nSPS) is 41.9. The summed E-state index contributed by atoms with van der Waals surface area (Å²) in [6.45, 7) is 7.80. The molecule has 2 heterocycles. The second-order valence-electron chi connectivity index (χ2n) is 9.30. The SMILES string of the molecule is CC(=O)O[C@H]1CC[C@@H]2[C@@](C)(CC(=O)c3ccoc3)[C@H](C)C[C@@H]3OC(=O)[C@H]1[C@]32C. The van der Waals surface area contributed by atoms with Crippen LogP contribution < -0.4 is 0 Å². The van der Waals surface area contributed by atoms with Crippen LogP contribution in [0, 0.1) is 28.6 Å². The first-order chi connectivity index (χ1) is 13.2. The fourth-order valence-corrected chi connectivity index (χ4v) is 6.38. The van der Waals surface area contributed by atoms with Gasteiger partial charge in [-0.1, -0.05) is 20.8 Å². The van der Waals surface area contributed by atoms with Gasteiger partial charge in [-0.05, 0) is 42.6 Å². The van der Waals surface area contributed by atoms with Crippen molar-refractivity contribution in [1.29, 1.82) is 0 Å². The van der Waals surface area contributed by atoms with Crippen LogP contribution in [0.15, 0.2) is 23.0 Å². The summed E-state index contributed by atoms with van der Waals surface area (Å²) in [4.78, 5) is 37.3. The molecule has 2 saturated carbocycles. The topological polar surface area (TPSA) is 82.8 Å². The third-order valence-corrected chi connectivity index (χ3v) is 7.93. The molecule has 2 aliphatic carbocycles. The number of esters is 2. The molecule has 0 unspecified atom stereocenters. The van der Waals surface area contributed by atoms with Crippen LogP contribution in [-0.2, 0) is 19.1 Å². The van der Waals surface area contributed by atoms with Crippen LogP contribution in [0.5, 0.6) is 0 Å². The van der Waals surface area contributed by atoms with E-state index in [9.17, 15) is 14.4 Å². The third kappa shape index (κ3) is 2.64. The van der Waals surface area contributed by atoms with Crippen molar-refractivity contribution in [2.75, 3.05) is 0 Å². The molecule has 3 fully saturated rings. The van der Waals surface area contributed by atoms with E-state index in [0.717, 1.165) is 12.8 Å². The number of hydrogen-bond donors (Lipinski definition) is 0. The first-order valence-electron chi connectivity index (χ1n) is 10.1. The standard InChI is InChI=1S/C22H28O6/c1-12-9-18-22(4)17(21(12,3)10-15(24)14-7-8-26-11-14)6-5-16(27-13(2)23)19(22)20(25)28-18/h7-8,11-12,16-19H,5-6,9-10H2,1-4H3/t12-,16+,17-,18+,19+,21+,22+/m1/s1. The molecule has 7 atom stereocenters. The smallest absolute Gasteiger partial charge is 0.313 e. The number of rotatable bonds is 4. The molecule has 6 nitrogen and oxygen atoms in total. The second-order valence-corrected chi connectivity index (χ2v) is 9.30. The summed E-state index contributed by atoms with van der Waals surface area (Å²) in [5.41, 5.74) is -0.120. The third-order valence-electron chi connectivity index (χ3n) is 7.93. The van der Waals surface area contributed by atoms with E-state index >= 15 is 0 Å². The molecule has 0 N–H and O–H groups in total. The highest BCUT2D eigenvalue weighted by atomic mass is 16.6. The Balaban J connectivity index is 1.69. The van der Waals surface area contributed by atoms with Crippen molar-refractivity contribution in [2.24, 2.45) is 28.6 Å². The Kier molecular flexibility index (Phi) is 4.43. The molecule has 1 saturated heterocycles. The van der Waals surface area contributed by atoms with Gasteiger partial charge in [0.05, 0.1) is 11.8 Å². The Bertz CT molecular complexity index is 798. The minimum Gasteiger partial charge on any atom is -0.472 e. The number of furan rings is 1. The lowest BCUT2D eigenvalue weighted by atomic mass is 9.44. The van der Waals surface area contributed by atoms with Gasteiger partial charge in [0.25, 0.3) is 0 Å². The number of Topliss-reactive ketones (excluding diaryl/α,β-unsaturated/α-hetero) is 1. The van der Waals surface area contributed by atoms with Crippen LogP contribution in [0.2, 0.25) is 0 Å². The van der Waals surface area contributed by atoms with Crippen LogP contribution >= 0.6 is 0 Å². The first kappa shape index (κ1) is 19.2. The first-order valence-corrected chi connectivity index (χ1v) is 10.1. The molecule has 0 radical (unpaired) electrons. The molecule has 0 bridgehead atoms. The van der Waals surface area contributed by atoms with Crippen molar-refractivity contribution in [3.8, 4) is 0 Å². The average molecular weight is 388 g/mol. The Morgan fingerprint density at radius 2 is 2.04 bits per heavy atom. The van der Waals surface area contributed by atoms with E-state index in [1.807, 2.05) is 0 Å². The lowest BCUT2D eigenvalue weighted by Gasteiger charge is -2.59. The van der Waals surface area contributed by atoms with E-state index in [1.165, 1.54) is 19.5 Å². The summed E-state index contributed by atoms with van der Waals surface area (Å²) in [6, 6.07) is 1.70. The predicted octanol–water partition coefficient (Wildman–Crippen LogP) is 3.79. The van der Waals surface area contributed by atoms with Crippen LogP contribution in [0.25, 0.3) is 0 Å². The molecule has 0 amide bonds. The summed E-state index contributed by atoms with van der Waals surface area (Å²) < 4.78 is 16.4. The van der Waals surface area contributed by atoms with Crippen LogP contribution in [-0.4, -0.2) is 29.9 Å². The predicted molar refractivity (Wildman–Crippen MR) is 99.3 cm³/mol. The summed E-state index contributed by atoms with van der Waals surface area (Å²) in [7, 11) is 0. The zero-order chi connectivity index (χ0) is 20.3. The lowest BCUT2D eigenvalue weighted by Crippen LogP contribution is -2.60. The fraction of sp³-hybridized carbons (Fsp3) is 0.682. The number of carbonyl (C=O) groups excluding carboxylic acids is 3. The van der Waals surface area contributed by atoms with Gasteiger partial charge in [0.15, 0.2) is 5.78 Å². The monoisotopic (exact) mass is 388 g/mol. The van der Waals surface area contributed by atoms with E-state index in [2.05, 4.69) is 20.8 Å². The van der Waals surface area contributed by atoms with Gasteiger partial charge >= 0.3 is 11.9 Å². The zero-order valence-corrected chi connectivity index (χ0v) is 16.9. The van der Waals surface area contributed by atoms with E-state index in [0.29, 0.717) is 18.4 Å². The molecule has 1 aromatic rings.